The number of aliphatic hydroxyl groups is 1. The minimum atomic E-state index is -1.02. The molecule has 0 bridgehead atoms. The first-order valence-electron chi connectivity index (χ1n) is 4.44. The summed E-state index contributed by atoms with van der Waals surface area (Å²) in [6, 6.07) is 0.0504. The molecule has 6 nitrogen and oxygen atoms in total. The van der Waals surface area contributed by atoms with Gasteiger partial charge < -0.3 is 9.94 Å². The molecule has 1 N–H and O–H groups in total. The van der Waals surface area contributed by atoms with E-state index in [2.05, 4.69) is 15.3 Å². The van der Waals surface area contributed by atoms with Crippen LogP contribution in [0, 0.1) is 0 Å². The van der Waals surface area contributed by atoms with Gasteiger partial charge in [0.1, 0.15) is 0 Å². The van der Waals surface area contributed by atoms with Crippen LogP contribution >= 0.6 is 0 Å². The summed E-state index contributed by atoms with van der Waals surface area (Å²) in [5.74, 6) is 0.0567. The molecule has 1 aliphatic rings. The van der Waals surface area contributed by atoms with Gasteiger partial charge in [-0.2, -0.15) is 0 Å². The zero-order valence-corrected chi connectivity index (χ0v) is 8.94. The summed E-state index contributed by atoms with van der Waals surface area (Å²) in [6.45, 7) is 0.867. The van der Waals surface area contributed by atoms with Crippen LogP contribution in [0.15, 0.2) is 10.5 Å². The van der Waals surface area contributed by atoms with Crippen LogP contribution in [0.1, 0.15) is 12.8 Å². The lowest BCUT2D eigenvalue weighted by Gasteiger charge is -2.16. The van der Waals surface area contributed by atoms with Crippen molar-refractivity contribution in [3.63, 3.8) is 0 Å². The van der Waals surface area contributed by atoms with Gasteiger partial charge in [0.15, 0.2) is 5.94 Å². The number of hydrogen-bond acceptors (Lipinski definition) is 5. The van der Waals surface area contributed by atoms with Crippen LogP contribution in [-0.2, 0) is 15.6 Å². The lowest BCUT2D eigenvalue weighted by Crippen LogP contribution is -2.26. The van der Waals surface area contributed by atoms with Gasteiger partial charge in [-0.05, 0) is 18.1 Å². The molecular weight excluding hydrogens is 206 g/mol. The quantitative estimate of drug-likeness (QED) is 0.527. The molecule has 0 amide bonds. The van der Waals surface area contributed by atoms with Crippen LogP contribution in [0.25, 0.3) is 0 Å². The Kier molecular flexibility index (Phi) is 4.81. The van der Waals surface area contributed by atoms with Gasteiger partial charge in [0.05, 0.1) is 23.4 Å². The van der Waals surface area contributed by atoms with Crippen molar-refractivity contribution in [3.05, 3.63) is 0 Å². The monoisotopic (exact) mass is 221 g/mol. The maximum atomic E-state index is 10.6. The van der Waals surface area contributed by atoms with E-state index in [0.29, 0.717) is 0 Å². The van der Waals surface area contributed by atoms with Gasteiger partial charge in [0.25, 0.3) is 0 Å². The third kappa shape index (κ3) is 3.59. The normalized spacial score (nSPS) is 24.4. The van der Waals surface area contributed by atoms with Crippen LogP contribution in [-0.4, -0.2) is 45.7 Å². The van der Waals surface area contributed by atoms with Crippen molar-refractivity contribution in [1.82, 2.24) is 5.01 Å². The Bertz CT molecular complexity index is 224. The van der Waals surface area contributed by atoms with Crippen molar-refractivity contribution in [2.45, 2.75) is 18.9 Å². The van der Waals surface area contributed by atoms with Crippen molar-refractivity contribution >= 4 is 10.8 Å². The molecule has 2 unspecified atom stereocenters. The summed E-state index contributed by atoms with van der Waals surface area (Å²) in [5.41, 5.74) is 0. The average molecular weight is 221 g/mol. The molecule has 0 saturated carbocycles. The lowest BCUT2D eigenvalue weighted by atomic mass is 10.2. The van der Waals surface area contributed by atoms with Crippen LogP contribution in [0.3, 0.4) is 0 Å². The standard InChI is InChI=1S/C7H15N3O3S/c1-14(12)6-13-9-8-10-4-2-3-7(10)5-11/h7,11H,2-6H2,1H3/b9-8-. The molecule has 0 spiro atoms. The van der Waals surface area contributed by atoms with Crippen LogP contribution in [0.2, 0.25) is 0 Å². The highest BCUT2D eigenvalue weighted by atomic mass is 32.2. The molecule has 0 aromatic rings. The summed E-state index contributed by atoms with van der Waals surface area (Å²) >= 11 is 0. The number of aliphatic hydroxyl groups excluding tert-OH is 1. The highest BCUT2D eigenvalue weighted by Crippen LogP contribution is 2.16. The first-order valence-corrected chi connectivity index (χ1v) is 6.17. The molecule has 2 atom stereocenters. The van der Waals surface area contributed by atoms with E-state index in [9.17, 15) is 4.21 Å². The van der Waals surface area contributed by atoms with Gasteiger partial charge in [-0.25, -0.2) is 0 Å². The van der Waals surface area contributed by atoms with Gasteiger partial charge in [-0.1, -0.05) is 0 Å². The molecule has 1 saturated heterocycles. The van der Waals surface area contributed by atoms with Crippen LogP contribution in [0.5, 0.6) is 0 Å². The van der Waals surface area contributed by atoms with Crippen LogP contribution in [0.4, 0.5) is 0 Å². The molecule has 1 heterocycles. The fraction of sp³-hybridized carbons (Fsp3) is 1.00. The van der Waals surface area contributed by atoms with Gasteiger partial charge in [-0.3, -0.25) is 9.22 Å². The van der Waals surface area contributed by atoms with Gasteiger partial charge in [-0.15, -0.1) is 0 Å². The first kappa shape index (κ1) is 11.4. The van der Waals surface area contributed by atoms with Gasteiger partial charge >= 0.3 is 0 Å². The zero-order valence-electron chi connectivity index (χ0n) is 8.13. The molecular formula is C7H15N3O3S. The minimum Gasteiger partial charge on any atom is -0.394 e. The molecule has 0 radical (unpaired) electrons. The second kappa shape index (κ2) is 5.92. The second-order valence-electron chi connectivity index (χ2n) is 3.13. The predicted octanol–water partition coefficient (Wildman–Crippen LogP) is 0.0779. The Morgan fingerprint density at radius 1 is 1.71 bits per heavy atom. The first-order chi connectivity index (χ1) is 6.74. The van der Waals surface area contributed by atoms with E-state index in [1.54, 1.807) is 5.01 Å². The van der Waals surface area contributed by atoms with Crippen molar-refractivity contribution in [1.29, 1.82) is 0 Å². The minimum absolute atomic E-state index is 0.0504. The molecule has 1 aliphatic heterocycles. The maximum Gasteiger partial charge on any atom is 0.192 e. The molecule has 0 aliphatic carbocycles. The van der Waals surface area contributed by atoms with Crippen molar-refractivity contribution < 1.29 is 14.2 Å². The number of nitrogens with zero attached hydrogens (tertiary/aromatic N) is 3. The Labute approximate surface area is 85.3 Å². The summed E-state index contributed by atoms with van der Waals surface area (Å²) < 4.78 is 10.6. The Morgan fingerprint density at radius 2 is 2.50 bits per heavy atom. The summed E-state index contributed by atoms with van der Waals surface area (Å²) in [6.07, 6.45) is 3.46. The average Bonchev–Trinajstić information content (AvgIpc) is 2.59. The van der Waals surface area contributed by atoms with Crippen molar-refractivity contribution in [2.75, 3.05) is 25.3 Å². The van der Waals surface area contributed by atoms with Gasteiger partial charge in [0.2, 0.25) is 0 Å². The molecule has 0 aromatic heterocycles. The summed E-state index contributed by atoms with van der Waals surface area (Å²) in [7, 11) is -1.02. The van der Waals surface area contributed by atoms with E-state index in [4.69, 9.17) is 5.11 Å². The molecule has 1 rings (SSSR count). The lowest BCUT2D eigenvalue weighted by molar-refractivity contribution is 0.100. The smallest absolute Gasteiger partial charge is 0.192 e. The molecule has 82 valence electrons. The van der Waals surface area contributed by atoms with Crippen molar-refractivity contribution in [3.8, 4) is 0 Å². The zero-order chi connectivity index (χ0) is 10.4. The third-order valence-electron chi connectivity index (χ3n) is 1.98. The van der Waals surface area contributed by atoms with E-state index in [0.717, 1.165) is 19.4 Å². The van der Waals surface area contributed by atoms with E-state index >= 15 is 0 Å². The highest BCUT2D eigenvalue weighted by Gasteiger charge is 2.22. The summed E-state index contributed by atoms with van der Waals surface area (Å²) in [4.78, 5) is 4.68. The maximum absolute atomic E-state index is 10.6. The Balaban J connectivity index is 2.25. The highest BCUT2D eigenvalue weighted by molar-refractivity contribution is 7.84. The van der Waals surface area contributed by atoms with E-state index < -0.39 is 10.8 Å². The van der Waals surface area contributed by atoms with E-state index in [-0.39, 0.29) is 18.6 Å². The largest absolute Gasteiger partial charge is 0.394 e. The Hall–Kier alpha value is -0.690. The number of rotatable bonds is 5. The second-order valence-corrected chi connectivity index (χ2v) is 4.52. The third-order valence-corrected chi connectivity index (χ3v) is 2.42. The topological polar surface area (TPSA) is 74.5 Å². The SMILES string of the molecule is CS(=O)CO/N=N\N1CCCC1CO. The van der Waals surface area contributed by atoms with E-state index in [1.165, 1.54) is 6.26 Å². The van der Waals surface area contributed by atoms with Crippen molar-refractivity contribution in [2.24, 2.45) is 10.5 Å². The predicted molar refractivity (Wildman–Crippen MR) is 51.7 cm³/mol. The fourth-order valence-electron chi connectivity index (χ4n) is 1.29. The summed E-state index contributed by atoms with van der Waals surface area (Å²) in [5, 5.41) is 17.9. The fourth-order valence-corrected chi connectivity index (χ4v) is 1.49. The molecule has 1 fully saturated rings. The number of hydrogen-bond donors (Lipinski definition) is 1. The van der Waals surface area contributed by atoms with Crippen LogP contribution < -0.4 is 0 Å². The van der Waals surface area contributed by atoms with Gasteiger partial charge in [0, 0.05) is 18.1 Å². The van der Waals surface area contributed by atoms with E-state index in [1.807, 2.05) is 0 Å². The molecule has 0 aromatic carbocycles. The molecule has 14 heavy (non-hydrogen) atoms. The Morgan fingerprint density at radius 3 is 3.14 bits per heavy atom. The molecule has 7 heteroatoms.